The number of nitrogens with zero attached hydrogens (tertiary/aromatic N) is 3. The molecule has 0 aliphatic carbocycles. The molecule has 1 N–H and O–H groups in total. The Morgan fingerprint density at radius 2 is 1.93 bits per heavy atom. The van der Waals surface area contributed by atoms with Crippen molar-refractivity contribution in [3.05, 3.63) is 0 Å². The Balaban J connectivity index is 1.96. The monoisotopic (exact) mass is 199 g/mol. The lowest BCUT2D eigenvalue weighted by Crippen LogP contribution is -2.61. The van der Waals surface area contributed by atoms with Gasteiger partial charge in [0, 0.05) is 45.3 Å². The van der Waals surface area contributed by atoms with E-state index in [1.54, 1.807) is 0 Å². The zero-order chi connectivity index (χ0) is 10.1. The van der Waals surface area contributed by atoms with Crippen LogP contribution in [-0.2, 0) is 0 Å². The summed E-state index contributed by atoms with van der Waals surface area (Å²) >= 11 is 0. The average Bonchev–Trinajstić information content (AvgIpc) is 2.16. The number of hydrogen-bond acceptors (Lipinski definition) is 3. The third-order valence-corrected chi connectivity index (χ3v) is 3.17. The molecule has 2 aliphatic rings. The van der Waals surface area contributed by atoms with Gasteiger partial charge < -0.3 is 14.9 Å². The maximum atomic E-state index is 10.8. The lowest BCUT2D eigenvalue weighted by atomic mass is 10.1. The largest absolute Gasteiger partial charge is 0.465 e. The van der Waals surface area contributed by atoms with Crippen LogP contribution in [0.1, 0.15) is 0 Å². The van der Waals surface area contributed by atoms with Gasteiger partial charge in [0.25, 0.3) is 0 Å². The first-order chi connectivity index (χ1) is 6.66. The van der Waals surface area contributed by atoms with E-state index in [0.717, 1.165) is 26.2 Å². The molecule has 5 nitrogen and oxygen atoms in total. The Labute approximate surface area is 83.9 Å². The van der Waals surface area contributed by atoms with Crippen LogP contribution in [-0.4, -0.2) is 78.3 Å². The van der Waals surface area contributed by atoms with E-state index in [-0.39, 0.29) is 0 Å². The van der Waals surface area contributed by atoms with E-state index in [2.05, 4.69) is 16.8 Å². The highest BCUT2D eigenvalue weighted by molar-refractivity contribution is 5.65. The predicted molar refractivity (Wildman–Crippen MR) is 52.5 cm³/mol. The molecule has 0 aromatic carbocycles. The van der Waals surface area contributed by atoms with Crippen molar-refractivity contribution in [1.82, 2.24) is 14.7 Å². The summed E-state index contributed by atoms with van der Waals surface area (Å²) in [4.78, 5) is 17.0. The lowest BCUT2D eigenvalue weighted by Gasteiger charge is -2.45. The summed E-state index contributed by atoms with van der Waals surface area (Å²) in [5.74, 6) is 0. The standard InChI is InChI=1S/C9H17N3O2/c1-10-2-3-11-4-5-12(9(13)14)7-8(11)6-10/h8H,2-7H2,1H3,(H,13,14)/t8-/m1/s1. The van der Waals surface area contributed by atoms with Gasteiger partial charge in [-0.2, -0.15) is 0 Å². The van der Waals surface area contributed by atoms with Gasteiger partial charge in [0.1, 0.15) is 0 Å². The van der Waals surface area contributed by atoms with Gasteiger partial charge in [0.05, 0.1) is 0 Å². The van der Waals surface area contributed by atoms with Crippen LogP contribution in [0.2, 0.25) is 0 Å². The molecule has 0 aromatic heterocycles. The van der Waals surface area contributed by atoms with Crippen molar-refractivity contribution >= 4 is 6.09 Å². The zero-order valence-corrected chi connectivity index (χ0v) is 8.52. The molecule has 0 saturated carbocycles. The van der Waals surface area contributed by atoms with Gasteiger partial charge >= 0.3 is 6.09 Å². The van der Waals surface area contributed by atoms with Crippen LogP contribution in [0.15, 0.2) is 0 Å². The number of hydrogen-bond donors (Lipinski definition) is 1. The Kier molecular flexibility index (Phi) is 2.60. The van der Waals surface area contributed by atoms with E-state index in [1.165, 1.54) is 4.90 Å². The van der Waals surface area contributed by atoms with E-state index in [4.69, 9.17) is 5.11 Å². The molecule has 0 radical (unpaired) electrons. The Bertz CT molecular complexity index is 234. The molecule has 0 aromatic rings. The molecule has 14 heavy (non-hydrogen) atoms. The quantitative estimate of drug-likeness (QED) is 0.576. The molecule has 2 aliphatic heterocycles. The number of likely N-dealkylation sites (N-methyl/N-ethyl adjacent to an activating group) is 1. The Morgan fingerprint density at radius 3 is 2.64 bits per heavy atom. The van der Waals surface area contributed by atoms with Gasteiger partial charge in [-0.25, -0.2) is 4.79 Å². The summed E-state index contributed by atoms with van der Waals surface area (Å²) in [6.07, 6.45) is -0.780. The molecule has 0 unspecified atom stereocenters. The molecule has 5 heteroatoms. The van der Waals surface area contributed by atoms with Crippen molar-refractivity contribution in [3.63, 3.8) is 0 Å². The molecule has 2 heterocycles. The second kappa shape index (κ2) is 3.74. The highest BCUT2D eigenvalue weighted by Crippen LogP contribution is 2.14. The minimum absolute atomic E-state index is 0.401. The van der Waals surface area contributed by atoms with Gasteiger partial charge in [0.15, 0.2) is 0 Å². The second-order valence-electron chi connectivity index (χ2n) is 4.18. The van der Waals surface area contributed by atoms with Crippen molar-refractivity contribution in [2.24, 2.45) is 0 Å². The summed E-state index contributed by atoms with van der Waals surface area (Å²) in [5.41, 5.74) is 0. The van der Waals surface area contributed by atoms with E-state index in [0.29, 0.717) is 19.1 Å². The number of piperazine rings is 2. The van der Waals surface area contributed by atoms with Crippen LogP contribution in [0.5, 0.6) is 0 Å². The van der Waals surface area contributed by atoms with Gasteiger partial charge in [-0.1, -0.05) is 0 Å². The summed E-state index contributed by atoms with van der Waals surface area (Å²) < 4.78 is 0. The fourth-order valence-electron chi connectivity index (χ4n) is 2.28. The normalized spacial score (nSPS) is 30.1. The van der Waals surface area contributed by atoms with Crippen molar-refractivity contribution in [2.75, 3.05) is 46.3 Å². The number of fused-ring (bicyclic) bond motifs is 1. The number of rotatable bonds is 0. The molecular weight excluding hydrogens is 182 g/mol. The highest BCUT2D eigenvalue weighted by Gasteiger charge is 2.32. The molecule has 0 spiro atoms. The highest BCUT2D eigenvalue weighted by atomic mass is 16.4. The first kappa shape index (κ1) is 9.73. The van der Waals surface area contributed by atoms with Crippen molar-refractivity contribution < 1.29 is 9.90 Å². The molecule has 2 fully saturated rings. The van der Waals surface area contributed by atoms with Gasteiger partial charge in [-0.3, -0.25) is 4.90 Å². The maximum Gasteiger partial charge on any atom is 0.407 e. The Morgan fingerprint density at radius 1 is 1.21 bits per heavy atom. The minimum atomic E-state index is -0.780. The molecule has 1 amide bonds. The van der Waals surface area contributed by atoms with Gasteiger partial charge in [-0.15, -0.1) is 0 Å². The fourth-order valence-corrected chi connectivity index (χ4v) is 2.28. The number of amides is 1. The van der Waals surface area contributed by atoms with E-state index in [9.17, 15) is 4.79 Å². The summed E-state index contributed by atoms with van der Waals surface area (Å²) in [5, 5.41) is 8.89. The molecule has 2 saturated heterocycles. The van der Waals surface area contributed by atoms with Gasteiger partial charge in [-0.05, 0) is 7.05 Å². The van der Waals surface area contributed by atoms with Crippen LogP contribution in [0.4, 0.5) is 4.79 Å². The van der Waals surface area contributed by atoms with Crippen LogP contribution in [0, 0.1) is 0 Å². The predicted octanol–water partition coefficient (Wildman–Crippen LogP) is -0.404. The van der Waals surface area contributed by atoms with E-state index < -0.39 is 6.09 Å². The molecule has 0 bridgehead atoms. The molecule has 80 valence electrons. The van der Waals surface area contributed by atoms with Crippen molar-refractivity contribution in [2.45, 2.75) is 6.04 Å². The SMILES string of the molecule is CN1CCN2CCN(C(=O)O)C[C@H]2C1. The fraction of sp³-hybridized carbons (Fsp3) is 0.889. The molecular formula is C9H17N3O2. The average molecular weight is 199 g/mol. The van der Waals surface area contributed by atoms with E-state index in [1.807, 2.05) is 0 Å². The maximum absolute atomic E-state index is 10.8. The summed E-state index contributed by atoms with van der Waals surface area (Å²) in [6.45, 7) is 5.39. The van der Waals surface area contributed by atoms with E-state index >= 15 is 0 Å². The topological polar surface area (TPSA) is 47.0 Å². The summed E-state index contributed by atoms with van der Waals surface area (Å²) in [6, 6.07) is 0.401. The first-order valence-electron chi connectivity index (χ1n) is 5.07. The van der Waals surface area contributed by atoms with Crippen molar-refractivity contribution in [3.8, 4) is 0 Å². The smallest absolute Gasteiger partial charge is 0.407 e. The van der Waals surface area contributed by atoms with Crippen LogP contribution in [0.3, 0.4) is 0 Å². The molecule has 1 atom stereocenters. The summed E-state index contributed by atoms with van der Waals surface area (Å²) in [7, 11) is 2.09. The first-order valence-corrected chi connectivity index (χ1v) is 5.07. The number of carboxylic acid groups (broad SMARTS) is 1. The zero-order valence-electron chi connectivity index (χ0n) is 8.52. The van der Waals surface area contributed by atoms with Crippen LogP contribution >= 0.6 is 0 Å². The Hall–Kier alpha value is -0.810. The molecule has 2 rings (SSSR count). The van der Waals surface area contributed by atoms with Crippen LogP contribution < -0.4 is 0 Å². The minimum Gasteiger partial charge on any atom is -0.465 e. The lowest BCUT2D eigenvalue weighted by molar-refractivity contribution is 0.0234. The van der Waals surface area contributed by atoms with Crippen molar-refractivity contribution in [1.29, 1.82) is 0 Å². The van der Waals surface area contributed by atoms with Gasteiger partial charge in [0.2, 0.25) is 0 Å². The van der Waals surface area contributed by atoms with Crippen LogP contribution in [0.25, 0.3) is 0 Å². The second-order valence-corrected chi connectivity index (χ2v) is 4.18. The number of carbonyl (C=O) groups is 1. The third kappa shape index (κ3) is 1.83. The third-order valence-electron chi connectivity index (χ3n) is 3.17.